The van der Waals surface area contributed by atoms with Crippen LogP contribution >= 0.6 is 46.0 Å². The van der Waals surface area contributed by atoms with Gasteiger partial charge in [0.1, 0.15) is 4.83 Å². The molecule has 0 saturated carbocycles. The maximum atomic E-state index is 13.2. The van der Waals surface area contributed by atoms with E-state index in [9.17, 15) is 9.59 Å². The van der Waals surface area contributed by atoms with Crippen LogP contribution in [0.1, 0.15) is 12.5 Å². The summed E-state index contributed by atoms with van der Waals surface area (Å²) in [6, 6.07) is 11.4. The van der Waals surface area contributed by atoms with Crippen molar-refractivity contribution in [1.29, 1.82) is 0 Å². The molecule has 0 aliphatic carbocycles. The van der Waals surface area contributed by atoms with Gasteiger partial charge in [-0.25, -0.2) is 4.98 Å². The predicted molar refractivity (Wildman–Crippen MR) is 127 cm³/mol. The van der Waals surface area contributed by atoms with E-state index in [1.807, 2.05) is 48.0 Å². The number of carbonyl (C=O) groups is 1. The van der Waals surface area contributed by atoms with Crippen LogP contribution in [0.2, 0.25) is 5.02 Å². The van der Waals surface area contributed by atoms with Crippen molar-refractivity contribution in [1.82, 2.24) is 14.9 Å². The Morgan fingerprint density at radius 2 is 2.13 bits per heavy atom. The van der Waals surface area contributed by atoms with Gasteiger partial charge >= 0.3 is 0 Å². The monoisotopic (exact) mass is 475 g/mol. The first-order valence-electron chi connectivity index (χ1n) is 9.26. The Balaban J connectivity index is 1.51. The van der Waals surface area contributed by atoms with Crippen molar-refractivity contribution < 1.29 is 4.79 Å². The van der Waals surface area contributed by atoms with Crippen LogP contribution < -0.4 is 10.9 Å². The molecular weight excluding hydrogens is 458 g/mol. The van der Waals surface area contributed by atoms with Gasteiger partial charge in [-0.15, -0.1) is 22.7 Å². The van der Waals surface area contributed by atoms with E-state index in [1.54, 1.807) is 22.0 Å². The Hall–Kier alpha value is -2.13. The summed E-state index contributed by atoms with van der Waals surface area (Å²) >= 11 is 10.3. The minimum atomic E-state index is -0.123. The van der Waals surface area contributed by atoms with Gasteiger partial charge in [-0.05, 0) is 36.1 Å². The number of halogens is 1. The van der Waals surface area contributed by atoms with E-state index in [0.717, 1.165) is 16.0 Å². The number of nitrogens with zero attached hydrogens (tertiary/aromatic N) is 2. The van der Waals surface area contributed by atoms with Crippen LogP contribution in [0.25, 0.3) is 20.7 Å². The average molecular weight is 476 g/mol. The Morgan fingerprint density at radius 1 is 1.27 bits per heavy atom. The number of rotatable bonds is 7. The molecule has 0 radical (unpaired) electrons. The molecule has 4 aromatic rings. The summed E-state index contributed by atoms with van der Waals surface area (Å²) in [5.41, 5.74) is 1.81. The minimum Gasteiger partial charge on any atom is -0.351 e. The van der Waals surface area contributed by atoms with E-state index in [-0.39, 0.29) is 17.2 Å². The van der Waals surface area contributed by atoms with Crippen LogP contribution in [0.15, 0.2) is 57.1 Å². The molecule has 1 amide bonds. The van der Waals surface area contributed by atoms with Crippen LogP contribution in [-0.2, 0) is 17.9 Å². The number of thiophene rings is 2. The number of hydrogen-bond acceptors (Lipinski definition) is 6. The Labute approximate surface area is 190 Å². The molecule has 3 heterocycles. The second-order valence-corrected chi connectivity index (χ2v) is 9.63. The third-order valence-electron chi connectivity index (χ3n) is 4.47. The highest BCUT2D eigenvalue weighted by Gasteiger charge is 2.18. The molecule has 0 spiro atoms. The maximum Gasteiger partial charge on any atom is 0.263 e. The van der Waals surface area contributed by atoms with Gasteiger partial charge in [0.25, 0.3) is 5.56 Å². The third-order valence-corrected chi connectivity index (χ3v) is 7.46. The van der Waals surface area contributed by atoms with Crippen molar-refractivity contribution in [3.63, 3.8) is 0 Å². The van der Waals surface area contributed by atoms with E-state index in [0.29, 0.717) is 33.5 Å². The van der Waals surface area contributed by atoms with Crippen molar-refractivity contribution in [2.75, 3.05) is 5.75 Å². The van der Waals surface area contributed by atoms with Crippen LogP contribution in [0, 0.1) is 0 Å². The summed E-state index contributed by atoms with van der Waals surface area (Å²) in [5.74, 6) is 0.0595. The van der Waals surface area contributed by atoms with Gasteiger partial charge in [0.2, 0.25) is 5.91 Å². The van der Waals surface area contributed by atoms with E-state index >= 15 is 0 Å². The molecular formula is C21H18ClN3O2S3. The van der Waals surface area contributed by atoms with Gasteiger partial charge in [0.15, 0.2) is 5.16 Å². The van der Waals surface area contributed by atoms with Crippen molar-refractivity contribution in [3.05, 3.63) is 68.1 Å². The van der Waals surface area contributed by atoms with Crippen LogP contribution in [0.3, 0.4) is 0 Å². The summed E-state index contributed by atoms with van der Waals surface area (Å²) in [6.45, 7) is 2.81. The van der Waals surface area contributed by atoms with Crippen molar-refractivity contribution in [2.24, 2.45) is 0 Å². The fourth-order valence-electron chi connectivity index (χ4n) is 3.04. The largest absolute Gasteiger partial charge is 0.351 e. The number of amides is 1. The standard InChI is InChI=1S/C21H18ClN3O2S3/c1-2-25-20(27)18-15(16-7-4-8-28-16)11-29-19(18)24-21(25)30-12-17(26)23-10-13-5-3-6-14(22)9-13/h3-9,11H,2,10,12H2,1H3,(H,23,26). The molecule has 1 aromatic carbocycles. The molecule has 0 aliphatic rings. The maximum absolute atomic E-state index is 13.2. The molecule has 0 bridgehead atoms. The normalized spacial score (nSPS) is 11.1. The van der Waals surface area contributed by atoms with Crippen molar-refractivity contribution >= 4 is 62.2 Å². The van der Waals surface area contributed by atoms with E-state index in [1.165, 1.54) is 23.1 Å². The summed E-state index contributed by atoms with van der Waals surface area (Å²) in [6.07, 6.45) is 0. The topological polar surface area (TPSA) is 64.0 Å². The molecule has 0 fully saturated rings. The number of thioether (sulfide) groups is 1. The minimum absolute atomic E-state index is 0.0611. The lowest BCUT2D eigenvalue weighted by molar-refractivity contribution is -0.118. The van der Waals surface area contributed by atoms with Gasteiger partial charge in [-0.2, -0.15) is 0 Å². The third kappa shape index (κ3) is 4.46. The first kappa shape index (κ1) is 21.1. The summed E-state index contributed by atoms with van der Waals surface area (Å²) < 4.78 is 1.64. The first-order valence-corrected chi connectivity index (χ1v) is 12.4. The van der Waals surface area contributed by atoms with Crippen LogP contribution in [0.5, 0.6) is 0 Å². The number of aromatic nitrogens is 2. The lowest BCUT2D eigenvalue weighted by Crippen LogP contribution is -2.26. The first-order chi connectivity index (χ1) is 14.6. The fraction of sp³-hybridized carbons (Fsp3) is 0.190. The molecule has 0 saturated heterocycles. The zero-order chi connectivity index (χ0) is 21.1. The second-order valence-electron chi connectivity index (χ2n) is 6.45. The number of hydrogen-bond donors (Lipinski definition) is 1. The molecule has 5 nitrogen and oxygen atoms in total. The van der Waals surface area contributed by atoms with Gasteiger partial charge in [-0.1, -0.05) is 41.6 Å². The molecule has 1 N–H and O–H groups in total. The quantitative estimate of drug-likeness (QED) is 0.292. The number of carbonyl (C=O) groups excluding carboxylic acids is 1. The van der Waals surface area contributed by atoms with E-state index in [2.05, 4.69) is 5.32 Å². The van der Waals surface area contributed by atoms with Crippen LogP contribution in [-0.4, -0.2) is 21.2 Å². The lowest BCUT2D eigenvalue weighted by atomic mass is 10.2. The SMILES string of the molecule is CCn1c(SCC(=O)NCc2cccc(Cl)c2)nc2scc(-c3cccs3)c2c1=O. The highest BCUT2D eigenvalue weighted by atomic mass is 35.5. The molecule has 0 unspecified atom stereocenters. The highest BCUT2D eigenvalue weighted by Crippen LogP contribution is 2.34. The highest BCUT2D eigenvalue weighted by molar-refractivity contribution is 7.99. The van der Waals surface area contributed by atoms with Crippen molar-refractivity contribution in [3.8, 4) is 10.4 Å². The summed E-state index contributed by atoms with van der Waals surface area (Å²) in [7, 11) is 0. The van der Waals surface area contributed by atoms with Gasteiger partial charge in [0.05, 0.1) is 11.1 Å². The van der Waals surface area contributed by atoms with E-state index in [4.69, 9.17) is 16.6 Å². The summed E-state index contributed by atoms with van der Waals surface area (Å²) in [4.78, 5) is 31.9. The van der Waals surface area contributed by atoms with Gasteiger partial charge < -0.3 is 5.32 Å². The Bertz CT molecular complexity index is 1250. The fourth-order valence-corrected chi connectivity index (χ4v) is 5.95. The number of fused-ring (bicyclic) bond motifs is 1. The smallest absolute Gasteiger partial charge is 0.263 e. The molecule has 9 heteroatoms. The zero-order valence-electron chi connectivity index (χ0n) is 16.1. The lowest BCUT2D eigenvalue weighted by Gasteiger charge is -2.10. The predicted octanol–water partition coefficient (Wildman–Crippen LogP) is 5.27. The molecule has 4 rings (SSSR count). The van der Waals surface area contributed by atoms with Crippen molar-refractivity contribution in [2.45, 2.75) is 25.2 Å². The molecule has 0 aliphatic heterocycles. The Morgan fingerprint density at radius 3 is 2.87 bits per heavy atom. The molecule has 30 heavy (non-hydrogen) atoms. The Kier molecular flexibility index (Phi) is 6.58. The van der Waals surface area contributed by atoms with Gasteiger partial charge in [-0.3, -0.25) is 14.2 Å². The van der Waals surface area contributed by atoms with E-state index < -0.39 is 0 Å². The van der Waals surface area contributed by atoms with Crippen LogP contribution in [0.4, 0.5) is 0 Å². The average Bonchev–Trinajstić information content (AvgIpc) is 3.40. The second kappa shape index (κ2) is 9.34. The molecule has 3 aromatic heterocycles. The number of nitrogens with one attached hydrogen (secondary N) is 1. The molecule has 0 atom stereocenters. The zero-order valence-corrected chi connectivity index (χ0v) is 19.3. The molecule has 154 valence electrons. The summed E-state index contributed by atoms with van der Waals surface area (Å²) in [5, 5.41) is 8.71. The number of benzene rings is 1. The van der Waals surface area contributed by atoms with Gasteiger partial charge in [0, 0.05) is 33.9 Å².